The molecular weight excluding hydrogens is 176 g/mol. The first-order chi connectivity index (χ1) is 6.92. The summed E-state index contributed by atoms with van der Waals surface area (Å²) < 4.78 is 0. The summed E-state index contributed by atoms with van der Waals surface area (Å²) in [6, 6.07) is 0.717. The van der Waals surface area contributed by atoms with E-state index in [0.29, 0.717) is 6.04 Å². The molecule has 0 aromatic rings. The minimum absolute atomic E-state index is 0.0897. The van der Waals surface area contributed by atoms with Crippen LogP contribution >= 0.6 is 0 Å². The van der Waals surface area contributed by atoms with Crippen molar-refractivity contribution in [3.8, 4) is 0 Å². The fourth-order valence-electron chi connectivity index (χ4n) is 2.66. The Morgan fingerprint density at radius 2 is 1.93 bits per heavy atom. The van der Waals surface area contributed by atoms with Gasteiger partial charge in [-0.15, -0.1) is 0 Å². The van der Waals surface area contributed by atoms with Gasteiger partial charge in [0.25, 0.3) is 0 Å². The van der Waals surface area contributed by atoms with E-state index in [1.807, 2.05) is 0 Å². The van der Waals surface area contributed by atoms with Crippen LogP contribution < -0.4 is 5.32 Å². The van der Waals surface area contributed by atoms with E-state index in [1.54, 1.807) is 0 Å². The van der Waals surface area contributed by atoms with E-state index in [-0.39, 0.29) is 6.04 Å². The monoisotopic (exact) mass is 195 g/mol. The van der Waals surface area contributed by atoms with Crippen LogP contribution in [0.4, 0.5) is 0 Å². The molecular formula is C11H19N2O. The quantitative estimate of drug-likeness (QED) is 0.704. The highest BCUT2D eigenvalue weighted by Crippen LogP contribution is 2.22. The summed E-state index contributed by atoms with van der Waals surface area (Å²) >= 11 is 0. The lowest BCUT2D eigenvalue weighted by atomic mass is 9.96. The Bertz CT molecular complexity index is 190. The lowest BCUT2D eigenvalue weighted by Crippen LogP contribution is -2.50. The van der Waals surface area contributed by atoms with Crippen molar-refractivity contribution in [1.29, 1.82) is 0 Å². The van der Waals surface area contributed by atoms with Crippen LogP contribution in [0, 0.1) is 0 Å². The van der Waals surface area contributed by atoms with Gasteiger partial charge in [0.2, 0.25) is 6.29 Å². The maximum atomic E-state index is 10.8. The molecule has 0 spiro atoms. The highest BCUT2D eigenvalue weighted by Gasteiger charge is 2.29. The Morgan fingerprint density at radius 1 is 1.14 bits per heavy atom. The number of nitrogens with zero attached hydrogens (tertiary/aromatic N) is 1. The van der Waals surface area contributed by atoms with Crippen LogP contribution in [0.25, 0.3) is 0 Å². The van der Waals surface area contributed by atoms with Crippen molar-refractivity contribution in [3.05, 3.63) is 0 Å². The molecule has 0 amide bonds. The molecule has 0 aromatic heterocycles. The second-order valence-electron chi connectivity index (χ2n) is 4.35. The number of hydrogen-bond donors (Lipinski definition) is 1. The fraction of sp³-hybridized carbons (Fsp3) is 0.909. The smallest absolute Gasteiger partial charge is 0.217 e. The average Bonchev–Trinajstić information content (AvgIpc) is 2.30. The van der Waals surface area contributed by atoms with Gasteiger partial charge in [-0.2, -0.15) is 0 Å². The molecule has 1 unspecified atom stereocenters. The van der Waals surface area contributed by atoms with Crippen molar-refractivity contribution in [2.45, 2.75) is 44.2 Å². The zero-order chi connectivity index (χ0) is 9.80. The molecule has 2 rings (SSSR count). The van der Waals surface area contributed by atoms with E-state index < -0.39 is 0 Å². The summed E-state index contributed by atoms with van der Waals surface area (Å²) in [6.45, 7) is 3.31. The number of carbonyl (C=O) groups excluding carboxylic acids is 1. The van der Waals surface area contributed by atoms with Gasteiger partial charge in [-0.05, 0) is 45.3 Å². The third kappa shape index (κ3) is 2.15. The molecule has 1 radical (unpaired) electrons. The molecule has 3 heteroatoms. The first kappa shape index (κ1) is 10.1. The summed E-state index contributed by atoms with van der Waals surface area (Å²) in [5, 5.41) is 3.36. The van der Waals surface area contributed by atoms with Crippen LogP contribution in [0.3, 0.4) is 0 Å². The maximum Gasteiger partial charge on any atom is 0.217 e. The zero-order valence-electron chi connectivity index (χ0n) is 8.67. The second kappa shape index (κ2) is 4.89. The lowest BCUT2D eigenvalue weighted by Gasteiger charge is -2.40. The SMILES string of the molecule is O=[C]C1CCCCN1C1CCNCC1. The van der Waals surface area contributed by atoms with Crippen LogP contribution in [0.15, 0.2) is 0 Å². The van der Waals surface area contributed by atoms with Crippen molar-refractivity contribution >= 4 is 6.29 Å². The van der Waals surface area contributed by atoms with E-state index >= 15 is 0 Å². The number of nitrogens with one attached hydrogen (secondary N) is 1. The topological polar surface area (TPSA) is 32.3 Å². The van der Waals surface area contributed by atoms with Crippen molar-refractivity contribution in [3.63, 3.8) is 0 Å². The summed E-state index contributed by atoms with van der Waals surface area (Å²) in [5.41, 5.74) is 0. The number of rotatable bonds is 2. The normalized spacial score (nSPS) is 31.6. The van der Waals surface area contributed by atoms with Gasteiger partial charge in [-0.1, -0.05) is 6.42 Å². The van der Waals surface area contributed by atoms with E-state index in [2.05, 4.69) is 16.5 Å². The molecule has 2 saturated heterocycles. The van der Waals surface area contributed by atoms with Crippen LogP contribution in [-0.2, 0) is 4.79 Å². The molecule has 1 atom stereocenters. The Hall–Kier alpha value is -0.410. The van der Waals surface area contributed by atoms with E-state index in [9.17, 15) is 4.79 Å². The molecule has 2 fully saturated rings. The maximum absolute atomic E-state index is 10.8. The molecule has 14 heavy (non-hydrogen) atoms. The summed E-state index contributed by atoms with van der Waals surface area (Å²) in [6.07, 6.45) is 8.06. The first-order valence-electron chi connectivity index (χ1n) is 5.76. The summed E-state index contributed by atoms with van der Waals surface area (Å²) in [4.78, 5) is 13.2. The van der Waals surface area contributed by atoms with E-state index in [4.69, 9.17) is 0 Å². The van der Waals surface area contributed by atoms with Crippen molar-refractivity contribution in [2.24, 2.45) is 0 Å². The molecule has 0 aromatic carbocycles. The van der Waals surface area contributed by atoms with Gasteiger partial charge in [-0.3, -0.25) is 9.69 Å². The molecule has 0 bridgehead atoms. The molecule has 2 aliphatic heterocycles. The number of likely N-dealkylation sites (tertiary alicyclic amines) is 1. The Balaban J connectivity index is 1.94. The predicted molar refractivity (Wildman–Crippen MR) is 55.9 cm³/mol. The third-order valence-electron chi connectivity index (χ3n) is 3.46. The summed E-state index contributed by atoms with van der Waals surface area (Å²) in [5.74, 6) is 0. The van der Waals surface area contributed by atoms with Gasteiger partial charge >= 0.3 is 0 Å². The highest BCUT2D eigenvalue weighted by atomic mass is 16.1. The standard InChI is InChI=1S/C11H19N2O/c14-9-11-3-1-2-8-13(11)10-4-6-12-7-5-10/h10-12H,1-8H2. The van der Waals surface area contributed by atoms with Crippen molar-refractivity contribution in [1.82, 2.24) is 10.2 Å². The van der Waals surface area contributed by atoms with Crippen LogP contribution in [-0.4, -0.2) is 42.9 Å². The third-order valence-corrected chi connectivity index (χ3v) is 3.46. The Kier molecular flexibility index (Phi) is 3.54. The van der Waals surface area contributed by atoms with E-state index in [1.165, 1.54) is 25.7 Å². The molecule has 0 saturated carbocycles. The minimum Gasteiger partial charge on any atom is -0.317 e. The molecule has 2 heterocycles. The largest absolute Gasteiger partial charge is 0.317 e. The second-order valence-corrected chi connectivity index (χ2v) is 4.35. The number of piperidine rings is 2. The van der Waals surface area contributed by atoms with Gasteiger partial charge in [0.1, 0.15) is 0 Å². The zero-order valence-corrected chi connectivity index (χ0v) is 8.67. The minimum atomic E-state index is 0.0897. The van der Waals surface area contributed by atoms with Gasteiger partial charge in [0.05, 0.1) is 6.04 Å². The van der Waals surface area contributed by atoms with Crippen molar-refractivity contribution in [2.75, 3.05) is 19.6 Å². The predicted octanol–water partition coefficient (Wildman–Crippen LogP) is 0.703. The number of hydrogen-bond acceptors (Lipinski definition) is 3. The Labute approximate surface area is 85.8 Å². The highest BCUT2D eigenvalue weighted by molar-refractivity contribution is 5.58. The van der Waals surface area contributed by atoms with Gasteiger partial charge < -0.3 is 5.32 Å². The summed E-state index contributed by atoms with van der Waals surface area (Å²) in [7, 11) is 0. The van der Waals surface area contributed by atoms with Crippen LogP contribution in [0.5, 0.6) is 0 Å². The van der Waals surface area contributed by atoms with Gasteiger partial charge in [0.15, 0.2) is 0 Å². The molecule has 79 valence electrons. The van der Waals surface area contributed by atoms with Gasteiger partial charge in [-0.25, -0.2) is 0 Å². The van der Waals surface area contributed by atoms with Crippen LogP contribution in [0.2, 0.25) is 0 Å². The van der Waals surface area contributed by atoms with Crippen molar-refractivity contribution < 1.29 is 4.79 Å². The van der Waals surface area contributed by atoms with Gasteiger partial charge in [0, 0.05) is 6.04 Å². The lowest BCUT2D eigenvalue weighted by molar-refractivity contribution is 0.107. The molecule has 1 N–H and O–H groups in total. The average molecular weight is 195 g/mol. The molecule has 0 aliphatic carbocycles. The molecule has 2 aliphatic rings. The Morgan fingerprint density at radius 3 is 2.64 bits per heavy atom. The molecule has 3 nitrogen and oxygen atoms in total. The van der Waals surface area contributed by atoms with Crippen LogP contribution in [0.1, 0.15) is 32.1 Å². The first-order valence-corrected chi connectivity index (χ1v) is 5.76. The fourth-order valence-corrected chi connectivity index (χ4v) is 2.66. The van der Waals surface area contributed by atoms with E-state index in [0.717, 1.165) is 26.1 Å².